The summed E-state index contributed by atoms with van der Waals surface area (Å²) in [5, 5.41) is 7.41. The Bertz CT molecular complexity index is 1120. The summed E-state index contributed by atoms with van der Waals surface area (Å²) in [4.78, 5) is 17.9. The summed E-state index contributed by atoms with van der Waals surface area (Å²) >= 11 is 0. The number of halogens is 4. The maximum atomic E-state index is 13.6. The van der Waals surface area contributed by atoms with E-state index < -0.39 is 23.2 Å². The van der Waals surface area contributed by atoms with Crippen LogP contribution in [-0.2, 0) is 18.1 Å². The summed E-state index contributed by atoms with van der Waals surface area (Å²) in [5.41, 5.74) is 4.73. The second-order valence-corrected chi connectivity index (χ2v) is 10.0. The van der Waals surface area contributed by atoms with Crippen molar-refractivity contribution in [2.24, 2.45) is 5.41 Å². The van der Waals surface area contributed by atoms with Gasteiger partial charge in [0.15, 0.2) is 0 Å². The van der Waals surface area contributed by atoms with E-state index >= 15 is 0 Å². The molecule has 2 aromatic heterocycles. The highest BCUT2D eigenvalue weighted by Gasteiger charge is 2.68. The van der Waals surface area contributed by atoms with Crippen LogP contribution in [0.5, 0.6) is 0 Å². The fourth-order valence-electron chi connectivity index (χ4n) is 6.02. The molecule has 1 spiro atoms. The predicted molar refractivity (Wildman–Crippen MR) is 106 cm³/mol. The number of nitrogens with one attached hydrogen (secondary N) is 1. The summed E-state index contributed by atoms with van der Waals surface area (Å²) in [7, 11) is 0. The van der Waals surface area contributed by atoms with E-state index in [9.17, 15) is 22.4 Å². The molecule has 3 aliphatic carbocycles. The molecule has 2 amide bonds. The number of carbonyl (C=O) groups is 1. The Morgan fingerprint density at radius 1 is 1.22 bits per heavy atom. The third-order valence-electron chi connectivity index (χ3n) is 7.61. The van der Waals surface area contributed by atoms with Crippen molar-refractivity contribution in [1.82, 2.24) is 25.0 Å². The lowest BCUT2D eigenvalue weighted by Crippen LogP contribution is -2.69. The zero-order valence-corrected chi connectivity index (χ0v) is 17.2. The number of anilines is 1. The Morgan fingerprint density at radius 3 is 2.59 bits per heavy atom. The van der Waals surface area contributed by atoms with Crippen LogP contribution in [0.2, 0.25) is 0 Å². The van der Waals surface area contributed by atoms with Crippen molar-refractivity contribution in [2.75, 3.05) is 25.4 Å². The molecule has 4 fully saturated rings. The highest BCUT2D eigenvalue weighted by atomic mass is 19.4. The second kappa shape index (κ2) is 5.93. The number of aromatic nitrogens is 3. The van der Waals surface area contributed by atoms with E-state index in [-0.39, 0.29) is 22.4 Å². The van der Waals surface area contributed by atoms with Crippen LogP contribution in [-0.4, -0.2) is 51.0 Å². The molecule has 11 heteroatoms. The van der Waals surface area contributed by atoms with Gasteiger partial charge in [-0.3, -0.25) is 4.68 Å². The molecule has 170 valence electrons. The molecule has 7 nitrogen and oxygen atoms in total. The van der Waals surface area contributed by atoms with E-state index in [2.05, 4.69) is 15.4 Å². The van der Waals surface area contributed by atoms with Crippen LogP contribution in [0.15, 0.2) is 18.3 Å². The second-order valence-electron chi connectivity index (χ2n) is 10.0. The first kappa shape index (κ1) is 19.8. The standard InChI is InChI=1S/C21H22F4N6O/c22-20-6-18(7-20,8-20)9-28-17(32)30-10-19(11-30)1-2-31-15(19)4-14(29-31)12-3-13(21(23,24)25)16(26)27-5-12/h3-5H,1-2,6-11H2,(H2,26,27)(H,28,32). The van der Waals surface area contributed by atoms with Gasteiger partial charge < -0.3 is 16.0 Å². The Hall–Kier alpha value is -2.85. The van der Waals surface area contributed by atoms with Crippen LogP contribution in [0.3, 0.4) is 0 Å². The number of amides is 2. The maximum Gasteiger partial charge on any atom is 0.419 e. The van der Waals surface area contributed by atoms with Crippen LogP contribution >= 0.6 is 0 Å². The van der Waals surface area contributed by atoms with Crippen LogP contribution in [0, 0.1) is 5.41 Å². The summed E-state index contributed by atoms with van der Waals surface area (Å²) in [6.07, 6.45) is -0.848. The molecule has 2 aromatic rings. The summed E-state index contributed by atoms with van der Waals surface area (Å²) in [6, 6.07) is 2.61. The first-order chi connectivity index (χ1) is 15.0. The lowest BCUT2D eigenvalue weighted by Gasteiger charge is -2.66. The van der Waals surface area contributed by atoms with Gasteiger partial charge in [0.2, 0.25) is 0 Å². The molecule has 3 saturated carbocycles. The van der Waals surface area contributed by atoms with E-state index in [1.165, 1.54) is 6.20 Å². The van der Waals surface area contributed by atoms with Crippen molar-refractivity contribution in [2.45, 2.75) is 49.5 Å². The minimum Gasteiger partial charge on any atom is -0.383 e. The number of fused-ring (bicyclic) bond motifs is 2. The number of pyridine rings is 1. The number of hydrogen-bond donors (Lipinski definition) is 2. The Labute approximate surface area is 181 Å². The van der Waals surface area contributed by atoms with Gasteiger partial charge in [0, 0.05) is 49.0 Å². The SMILES string of the molecule is Nc1ncc(-c2cc3n(n2)CCC32CN(C(=O)NCC34CC(F)(C3)C4)C2)cc1C(F)(F)F. The van der Waals surface area contributed by atoms with Gasteiger partial charge in [0.25, 0.3) is 0 Å². The molecule has 0 radical (unpaired) electrons. The number of carbonyl (C=O) groups excluding carboxylic acids is 1. The molecular weight excluding hydrogens is 428 g/mol. The lowest BCUT2D eigenvalue weighted by molar-refractivity contribution is -0.208. The zero-order chi connectivity index (χ0) is 22.5. The van der Waals surface area contributed by atoms with Gasteiger partial charge in [-0.25, -0.2) is 14.2 Å². The number of nitrogens with two attached hydrogens (primary N) is 1. The van der Waals surface area contributed by atoms with Gasteiger partial charge in [-0.15, -0.1) is 0 Å². The van der Waals surface area contributed by atoms with Crippen LogP contribution in [0.25, 0.3) is 11.3 Å². The van der Waals surface area contributed by atoms with Crippen molar-refractivity contribution < 1.29 is 22.4 Å². The topological polar surface area (TPSA) is 89.1 Å². The summed E-state index contributed by atoms with van der Waals surface area (Å²) in [5.74, 6) is -0.564. The van der Waals surface area contributed by atoms with Gasteiger partial charge in [-0.05, 0) is 43.2 Å². The Kier molecular flexibility index (Phi) is 3.67. The fourth-order valence-corrected chi connectivity index (χ4v) is 6.02. The predicted octanol–water partition coefficient (Wildman–Crippen LogP) is 3.11. The van der Waals surface area contributed by atoms with Crippen molar-refractivity contribution in [3.63, 3.8) is 0 Å². The minimum atomic E-state index is -4.59. The van der Waals surface area contributed by atoms with Gasteiger partial charge >= 0.3 is 12.2 Å². The number of hydrogen-bond acceptors (Lipinski definition) is 4. The quantitative estimate of drug-likeness (QED) is 0.704. The molecule has 0 atom stereocenters. The summed E-state index contributed by atoms with van der Waals surface area (Å²) in [6.45, 7) is 2.20. The highest BCUT2D eigenvalue weighted by Crippen LogP contribution is 2.69. The lowest BCUT2D eigenvalue weighted by atomic mass is 9.42. The number of alkyl halides is 4. The van der Waals surface area contributed by atoms with Crippen LogP contribution in [0.1, 0.15) is 36.9 Å². The molecule has 7 rings (SSSR count). The number of urea groups is 1. The zero-order valence-electron chi connectivity index (χ0n) is 17.2. The van der Waals surface area contributed by atoms with Crippen molar-refractivity contribution in [3.05, 3.63) is 29.6 Å². The normalized spacial score (nSPS) is 29.2. The fraction of sp³-hybridized carbons (Fsp3) is 0.571. The largest absolute Gasteiger partial charge is 0.419 e. The van der Waals surface area contributed by atoms with Gasteiger partial charge in [0.05, 0.1) is 11.3 Å². The molecular formula is C21H22F4N6O. The third-order valence-corrected chi connectivity index (χ3v) is 7.61. The molecule has 32 heavy (non-hydrogen) atoms. The molecule has 5 aliphatic rings. The van der Waals surface area contributed by atoms with Crippen molar-refractivity contribution >= 4 is 11.8 Å². The third kappa shape index (κ3) is 2.75. The smallest absolute Gasteiger partial charge is 0.383 e. The van der Waals surface area contributed by atoms with Gasteiger partial charge in [-0.1, -0.05) is 0 Å². The summed E-state index contributed by atoms with van der Waals surface area (Å²) < 4.78 is 55.0. The molecule has 1 saturated heterocycles. The molecule has 0 aromatic carbocycles. The van der Waals surface area contributed by atoms with E-state index in [1.54, 1.807) is 15.6 Å². The average Bonchev–Trinajstić information content (AvgIpc) is 3.20. The number of nitrogens with zero attached hydrogens (tertiary/aromatic N) is 4. The molecule has 2 aliphatic heterocycles. The minimum absolute atomic E-state index is 0.0454. The first-order valence-corrected chi connectivity index (χ1v) is 10.6. The van der Waals surface area contributed by atoms with Crippen LogP contribution in [0.4, 0.5) is 28.2 Å². The van der Waals surface area contributed by atoms with E-state index in [0.29, 0.717) is 51.1 Å². The van der Waals surface area contributed by atoms with Crippen molar-refractivity contribution in [1.29, 1.82) is 0 Å². The monoisotopic (exact) mass is 450 g/mol. The van der Waals surface area contributed by atoms with E-state index in [4.69, 9.17) is 5.73 Å². The highest BCUT2D eigenvalue weighted by molar-refractivity contribution is 5.76. The first-order valence-electron chi connectivity index (χ1n) is 10.6. The Morgan fingerprint density at radius 2 is 1.94 bits per heavy atom. The number of rotatable bonds is 3. The molecule has 2 bridgehead atoms. The molecule has 4 heterocycles. The average molecular weight is 450 g/mol. The number of nitrogen functional groups attached to an aromatic ring is 1. The molecule has 3 N–H and O–H groups in total. The Balaban J connectivity index is 1.15. The van der Waals surface area contributed by atoms with E-state index in [0.717, 1.165) is 18.2 Å². The van der Waals surface area contributed by atoms with Gasteiger partial charge in [-0.2, -0.15) is 18.3 Å². The van der Waals surface area contributed by atoms with Gasteiger partial charge in [0.1, 0.15) is 11.5 Å². The number of aryl methyl sites for hydroxylation is 1. The van der Waals surface area contributed by atoms with E-state index in [1.807, 2.05) is 0 Å². The maximum absolute atomic E-state index is 13.6. The van der Waals surface area contributed by atoms with Crippen molar-refractivity contribution in [3.8, 4) is 11.3 Å². The van der Waals surface area contributed by atoms with Crippen LogP contribution < -0.4 is 11.1 Å². The molecule has 0 unspecified atom stereocenters. The number of likely N-dealkylation sites (tertiary alicyclic amines) is 1.